The number of halogens is 1. The molecule has 0 radical (unpaired) electrons. The second-order valence-electron chi connectivity index (χ2n) is 6.21. The van der Waals surface area contributed by atoms with E-state index in [1.165, 1.54) is 4.57 Å². The Labute approximate surface area is 169 Å². The van der Waals surface area contributed by atoms with Crippen LogP contribution in [-0.2, 0) is 9.53 Å². The Morgan fingerprint density at radius 2 is 1.86 bits per heavy atom. The second-order valence-corrected chi connectivity index (χ2v) is 7.06. The summed E-state index contributed by atoms with van der Waals surface area (Å²) in [5.74, 6) is -1.05. The van der Waals surface area contributed by atoms with Crippen molar-refractivity contribution >= 4 is 33.5 Å². The van der Waals surface area contributed by atoms with Crippen molar-refractivity contribution in [2.24, 2.45) is 0 Å². The number of amides is 1. The average Bonchev–Trinajstić information content (AvgIpc) is 3.01. The van der Waals surface area contributed by atoms with E-state index >= 15 is 0 Å². The molecule has 2 aromatic carbocycles. The highest BCUT2D eigenvalue weighted by molar-refractivity contribution is 9.10. The zero-order chi connectivity index (χ0) is 20.3. The van der Waals surface area contributed by atoms with E-state index in [4.69, 9.17) is 4.74 Å². The van der Waals surface area contributed by atoms with E-state index in [2.05, 4.69) is 26.2 Å². The van der Waals surface area contributed by atoms with Gasteiger partial charge in [-0.05, 0) is 61.9 Å². The standard InChI is InChI=1S/C20H18BrN3O4/c1-12-9-15(5-8-17(12)21)23-18(25)11-28-19(26)14-3-6-16(7-4-14)24-13(2)10-22-20(24)27/h3-10H,11H2,1-2H3,(H,22,27)(H,23,25). The molecule has 1 aromatic heterocycles. The number of carbonyl (C=O) groups excluding carboxylic acids is 2. The van der Waals surface area contributed by atoms with Crippen molar-refractivity contribution < 1.29 is 14.3 Å². The Morgan fingerprint density at radius 3 is 2.46 bits per heavy atom. The van der Waals surface area contributed by atoms with Gasteiger partial charge in [-0.3, -0.25) is 9.36 Å². The van der Waals surface area contributed by atoms with Gasteiger partial charge in [0.2, 0.25) is 0 Å². The number of carbonyl (C=O) groups is 2. The number of aryl methyl sites for hydroxylation is 2. The van der Waals surface area contributed by atoms with E-state index < -0.39 is 18.5 Å². The summed E-state index contributed by atoms with van der Waals surface area (Å²) in [6, 6.07) is 11.8. The molecule has 28 heavy (non-hydrogen) atoms. The van der Waals surface area contributed by atoms with Crippen molar-refractivity contribution in [3.8, 4) is 5.69 Å². The topological polar surface area (TPSA) is 93.2 Å². The minimum absolute atomic E-state index is 0.257. The van der Waals surface area contributed by atoms with Crippen molar-refractivity contribution in [3.63, 3.8) is 0 Å². The molecule has 1 heterocycles. The molecular weight excluding hydrogens is 426 g/mol. The quantitative estimate of drug-likeness (QED) is 0.591. The molecule has 3 rings (SSSR count). The number of anilines is 1. The SMILES string of the molecule is Cc1cc(NC(=O)COC(=O)c2ccc(-n3c(C)c[nH]c3=O)cc2)ccc1Br. The Bertz CT molecular complexity index is 1080. The van der Waals surface area contributed by atoms with E-state index in [0.717, 1.165) is 15.7 Å². The highest BCUT2D eigenvalue weighted by Crippen LogP contribution is 2.20. The number of hydrogen-bond donors (Lipinski definition) is 2. The van der Waals surface area contributed by atoms with Crippen LogP contribution in [0.15, 0.2) is 57.9 Å². The maximum absolute atomic E-state index is 12.1. The first-order chi connectivity index (χ1) is 13.3. The molecule has 7 nitrogen and oxygen atoms in total. The van der Waals surface area contributed by atoms with Gasteiger partial charge in [-0.15, -0.1) is 0 Å². The van der Waals surface area contributed by atoms with Gasteiger partial charge in [0.05, 0.1) is 11.3 Å². The molecule has 1 amide bonds. The van der Waals surface area contributed by atoms with Crippen molar-refractivity contribution in [2.75, 3.05) is 11.9 Å². The van der Waals surface area contributed by atoms with E-state index in [-0.39, 0.29) is 11.3 Å². The van der Waals surface area contributed by atoms with Gasteiger partial charge in [0.15, 0.2) is 6.61 Å². The molecule has 3 aromatic rings. The summed E-state index contributed by atoms with van der Waals surface area (Å²) in [6.45, 7) is 3.31. The summed E-state index contributed by atoms with van der Waals surface area (Å²) in [6.07, 6.45) is 1.61. The largest absolute Gasteiger partial charge is 0.452 e. The first kappa shape index (κ1) is 19.6. The monoisotopic (exact) mass is 443 g/mol. The van der Waals surface area contributed by atoms with Gasteiger partial charge < -0.3 is 15.0 Å². The summed E-state index contributed by atoms with van der Waals surface area (Å²) in [4.78, 5) is 38.5. The smallest absolute Gasteiger partial charge is 0.338 e. The van der Waals surface area contributed by atoms with E-state index in [1.54, 1.807) is 43.5 Å². The Kier molecular flexibility index (Phi) is 5.79. The number of aromatic nitrogens is 2. The predicted octanol–water partition coefficient (Wildman–Crippen LogP) is 3.34. The number of aromatic amines is 1. The van der Waals surface area contributed by atoms with Gasteiger partial charge in [-0.2, -0.15) is 0 Å². The summed E-state index contributed by atoms with van der Waals surface area (Å²) < 4.78 is 7.49. The Balaban J connectivity index is 1.59. The first-order valence-electron chi connectivity index (χ1n) is 8.46. The van der Waals surface area contributed by atoms with Crippen LogP contribution >= 0.6 is 15.9 Å². The molecule has 0 atom stereocenters. The zero-order valence-corrected chi connectivity index (χ0v) is 16.9. The van der Waals surface area contributed by atoms with Gasteiger partial charge in [-0.25, -0.2) is 9.59 Å². The lowest BCUT2D eigenvalue weighted by Gasteiger charge is -2.09. The van der Waals surface area contributed by atoms with Crippen LogP contribution in [0.4, 0.5) is 5.69 Å². The third-order valence-corrected chi connectivity index (χ3v) is 4.99. The van der Waals surface area contributed by atoms with Crippen LogP contribution in [0, 0.1) is 13.8 Å². The molecule has 0 saturated heterocycles. The van der Waals surface area contributed by atoms with Crippen LogP contribution in [-0.4, -0.2) is 28.0 Å². The minimum Gasteiger partial charge on any atom is -0.452 e. The molecular formula is C20H18BrN3O4. The highest BCUT2D eigenvalue weighted by Gasteiger charge is 2.12. The third-order valence-electron chi connectivity index (χ3n) is 4.10. The maximum Gasteiger partial charge on any atom is 0.338 e. The van der Waals surface area contributed by atoms with Crippen molar-refractivity contribution in [1.29, 1.82) is 0 Å². The fraction of sp³-hybridized carbons (Fsp3) is 0.150. The second kappa shape index (κ2) is 8.26. The number of nitrogens with zero attached hydrogens (tertiary/aromatic N) is 1. The number of esters is 1. The van der Waals surface area contributed by atoms with Crippen LogP contribution in [0.5, 0.6) is 0 Å². The van der Waals surface area contributed by atoms with Gasteiger partial charge in [0.1, 0.15) is 0 Å². The molecule has 8 heteroatoms. The van der Waals surface area contributed by atoms with Crippen LogP contribution in [0.1, 0.15) is 21.6 Å². The molecule has 0 bridgehead atoms. The lowest BCUT2D eigenvalue weighted by Crippen LogP contribution is -2.21. The molecule has 0 unspecified atom stereocenters. The Morgan fingerprint density at radius 1 is 1.14 bits per heavy atom. The van der Waals surface area contributed by atoms with Gasteiger partial charge >= 0.3 is 11.7 Å². The molecule has 0 fully saturated rings. The van der Waals surface area contributed by atoms with Crippen LogP contribution in [0.3, 0.4) is 0 Å². The van der Waals surface area contributed by atoms with E-state index in [0.29, 0.717) is 11.4 Å². The third kappa shape index (κ3) is 4.40. The number of rotatable bonds is 5. The van der Waals surface area contributed by atoms with Crippen LogP contribution < -0.4 is 11.0 Å². The highest BCUT2D eigenvalue weighted by atomic mass is 79.9. The van der Waals surface area contributed by atoms with Crippen LogP contribution in [0.2, 0.25) is 0 Å². The summed E-state index contributed by atoms with van der Waals surface area (Å²) in [7, 11) is 0. The zero-order valence-electron chi connectivity index (χ0n) is 15.3. The summed E-state index contributed by atoms with van der Waals surface area (Å²) in [5.41, 5.74) is 3.01. The van der Waals surface area contributed by atoms with Crippen molar-refractivity contribution in [2.45, 2.75) is 13.8 Å². The normalized spacial score (nSPS) is 10.5. The minimum atomic E-state index is -0.619. The van der Waals surface area contributed by atoms with E-state index in [1.807, 2.05) is 19.1 Å². The number of H-pyrrole nitrogens is 1. The molecule has 0 aliphatic rings. The lowest BCUT2D eigenvalue weighted by atomic mass is 10.2. The lowest BCUT2D eigenvalue weighted by molar-refractivity contribution is -0.119. The maximum atomic E-state index is 12.1. The summed E-state index contributed by atoms with van der Waals surface area (Å²) >= 11 is 3.39. The molecule has 144 valence electrons. The number of hydrogen-bond acceptors (Lipinski definition) is 4. The predicted molar refractivity (Wildman–Crippen MR) is 109 cm³/mol. The van der Waals surface area contributed by atoms with Crippen LogP contribution in [0.25, 0.3) is 5.69 Å². The molecule has 0 saturated carbocycles. The summed E-state index contributed by atoms with van der Waals surface area (Å²) in [5, 5.41) is 2.68. The van der Waals surface area contributed by atoms with Gasteiger partial charge in [-0.1, -0.05) is 15.9 Å². The number of benzene rings is 2. The number of ether oxygens (including phenoxy) is 1. The number of imidazole rings is 1. The molecule has 0 spiro atoms. The van der Waals surface area contributed by atoms with Gasteiger partial charge in [0, 0.05) is 22.1 Å². The fourth-order valence-electron chi connectivity index (χ4n) is 2.66. The molecule has 0 aliphatic heterocycles. The van der Waals surface area contributed by atoms with Crippen molar-refractivity contribution in [3.05, 3.63) is 80.4 Å². The fourth-order valence-corrected chi connectivity index (χ4v) is 2.90. The first-order valence-corrected chi connectivity index (χ1v) is 9.25. The molecule has 2 N–H and O–H groups in total. The number of nitrogens with one attached hydrogen (secondary N) is 2. The van der Waals surface area contributed by atoms with Crippen molar-refractivity contribution in [1.82, 2.24) is 9.55 Å². The average molecular weight is 444 g/mol. The van der Waals surface area contributed by atoms with Gasteiger partial charge in [0.25, 0.3) is 5.91 Å². The molecule has 0 aliphatic carbocycles. The van der Waals surface area contributed by atoms with E-state index in [9.17, 15) is 14.4 Å². The Hall–Kier alpha value is -3.13.